The fourth-order valence-corrected chi connectivity index (χ4v) is 6.53. The number of hydrogen-bond donors (Lipinski definition) is 0. The summed E-state index contributed by atoms with van der Waals surface area (Å²) in [5.41, 5.74) is 0.783. The minimum absolute atomic E-state index is 0.0313. The Bertz CT molecular complexity index is 1340. The molecule has 1 unspecified atom stereocenters. The van der Waals surface area contributed by atoms with Gasteiger partial charge >= 0.3 is 0 Å². The first-order valence-corrected chi connectivity index (χ1v) is 21.2. The van der Waals surface area contributed by atoms with Crippen LogP contribution in [0.2, 0.25) is 0 Å². The van der Waals surface area contributed by atoms with Gasteiger partial charge in [-0.05, 0) is 44.9 Å². The van der Waals surface area contributed by atoms with Gasteiger partial charge in [-0.2, -0.15) is 0 Å². The van der Waals surface area contributed by atoms with Crippen LogP contribution >= 0.6 is 0 Å². The van der Waals surface area contributed by atoms with E-state index in [4.69, 9.17) is 42.6 Å². The molecule has 1 atom stereocenters. The number of aromatic nitrogens is 3. The van der Waals surface area contributed by atoms with Crippen molar-refractivity contribution in [2.24, 2.45) is 17.8 Å². The van der Waals surface area contributed by atoms with Crippen LogP contribution in [0.5, 0.6) is 0 Å². The SMILES string of the molecule is CC(=O)COCC(=O)CCCOCCOCCOCCOCCOCCOCCOCCOCCn1cc(CCC(=O)C2CCC(CN3C(=O)CC(C)C3=O)CC2)nn1. The molecule has 336 valence electrons. The normalized spacial score (nSPS) is 18.3. The minimum Gasteiger partial charge on any atom is -0.379 e. The van der Waals surface area contributed by atoms with E-state index in [0.29, 0.717) is 151 Å². The van der Waals surface area contributed by atoms with E-state index in [1.54, 1.807) is 11.6 Å². The maximum atomic E-state index is 12.9. The standard InChI is InChI=1S/C41H68N4O14/c1-33-28-40(49)45(41(33)50)29-35-5-7-36(8-6-35)39(48)10-9-37-30-44(43-42-37)11-13-52-15-17-54-19-21-56-23-25-58-27-26-57-24-22-55-20-18-53-16-14-51-12-3-4-38(47)32-59-31-34(2)46/h30,33,35-36H,3-29,31-32H2,1-2H3. The fourth-order valence-electron chi connectivity index (χ4n) is 6.53. The molecule has 0 radical (unpaired) electrons. The number of carbonyl (C=O) groups is 5. The van der Waals surface area contributed by atoms with Crippen molar-refractivity contribution in [3.05, 3.63) is 11.9 Å². The number of aryl methyl sites for hydroxylation is 1. The molecule has 0 aromatic carbocycles. The van der Waals surface area contributed by atoms with E-state index in [1.807, 2.05) is 6.20 Å². The molecule has 2 amide bonds. The van der Waals surface area contributed by atoms with E-state index in [1.165, 1.54) is 11.8 Å². The predicted octanol–water partition coefficient (Wildman–Crippen LogP) is 2.07. The first-order chi connectivity index (χ1) is 28.7. The quantitative estimate of drug-likeness (QED) is 0.0691. The van der Waals surface area contributed by atoms with E-state index >= 15 is 0 Å². The van der Waals surface area contributed by atoms with Gasteiger partial charge in [0.2, 0.25) is 11.8 Å². The summed E-state index contributed by atoms with van der Waals surface area (Å²) in [6.45, 7) is 11.6. The maximum absolute atomic E-state index is 12.9. The average Bonchev–Trinajstić information content (AvgIpc) is 3.78. The van der Waals surface area contributed by atoms with Crippen LogP contribution in [0, 0.1) is 17.8 Å². The minimum atomic E-state index is -0.213. The summed E-state index contributed by atoms with van der Waals surface area (Å²) in [6.07, 6.45) is 7.45. The fraction of sp³-hybridized carbons (Fsp3) is 0.829. The highest BCUT2D eigenvalue weighted by Gasteiger charge is 2.37. The highest BCUT2D eigenvalue weighted by Crippen LogP contribution is 2.32. The zero-order valence-corrected chi connectivity index (χ0v) is 35.3. The van der Waals surface area contributed by atoms with Crippen molar-refractivity contribution in [1.82, 2.24) is 19.9 Å². The number of ketones is 3. The Labute approximate surface area is 348 Å². The van der Waals surface area contributed by atoms with E-state index in [0.717, 1.165) is 31.4 Å². The van der Waals surface area contributed by atoms with E-state index in [2.05, 4.69) is 10.3 Å². The van der Waals surface area contributed by atoms with Gasteiger partial charge in [0, 0.05) is 56.9 Å². The Kier molecular flexibility index (Phi) is 27.1. The first kappa shape index (κ1) is 50.3. The number of amides is 2. The molecule has 2 aliphatic rings. The van der Waals surface area contributed by atoms with Crippen LogP contribution in [-0.2, 0) is 79.6 Å². The van der Waals surface area contributed by atoms with Crippen molar-refractivity contribution < 1.29 is 66.6 Å². The Morgan fingerprint density at radius 3 is 1.66 bits per heavy atom. The molecular formula is C41H68N4O14. The number of carbonyl (C=O) groups excluding carboxylic acids is 5. The second-order valence-electron chi connectivity index (χ2n) is 14.8. The lowest BCUT2D eigenvalue weighted by atomic mass is 9.79. The second kappa shape index (κ2) is 31.8. The third-order valence-electron chi connectivity index (χ3n) is 9.81. The number of rotatable bonds is 38. The maximum Gasteiger partial charge on any atom is 0.232 e. The Balaban J connectivity index is 0.989. The van der Waals surface area contributed by atoms with E-state index in [-0.39, 0.29) is 60.1 Å². The van der Waals surface area contributed by atoms with Gasteiger partial charge in [0.25, 0.3) is 0 Å². The van der Waals surface area contributed by atoms with Gasteiger partial charge in [-0.1, -0.05) is 12.1 Å². The molecule has 18 heteroatoms. The summed E-state index contributed by atoms with van der Waals surface area (Å²) >= 11 is 0. The molecular weight excluding hydrogens is 772 g/mol. The Morgan fingerprint density at radius 1 is 0.661 bits per heavy atom. The molecule has 1 aromatic rings. The van der Waals surface area contributed by atoms with Gasteiger partial charge in [-0.25, -0.2) is 4.68 Å². The molecule has 1 saturated carbocycles. The average molecular weight is 841 g/mol. The molecule has 18 nitrogen and oxygen atoms in total. The van der Waals surface area contributed by atoms with Gasteiger partial charge in [-0.3, -0.25) is 28.9 Å². The lowest BCUT2D eigenvalue weighted by Gasteiger charge is -2.30. The number of imide groups is 1. The zero-order valence-electron chi connectivity index (χ0n) is 35.3. The molecule has 59 heavy (non-hydrogen) atoms. The Morgan fingerprint density at radius 2 is 1.17 bits per heavy atom. The lowest BCUT2D eigenvalue weighted by Crippen LogP contribution is -2.36. The predicted molar refractivity (Wildman–Crippen MR) is 212 cm³/mol. The van der Waals surface area contributed by atoms with Crippen LogP contribution in [-0.4, -0.2) is 175 Å². The van der Waals surface area contributed by atoms with Gasteiger partial charge in [-0.15, -0.1) is 5.10 Å². The monoisotopic (exact) mass is 840 g/mol. The third kappa shape index (κ3) is 23.5. The molecule has 0 bridgehead atoms. The molecule has 2 fully saturated rings. The van der Waals surface area contributed by atoms with Crippen LogP contribution in [0.3, 0.4) is 0 Å². The molecule has 0 N–H and O–H groups in total. The summed E-state index contributed by atoms with van der Waals surface area (Å²) in [6, 6.07) is 0. The Hall–Kier alpha value is -3.07. The summed E-state index contributed by atoms with van der Waals surface area (Å²) in [7, 11) is 0. The summed E-state index contributed by atoms with van der Waals surface area (Å²) in [5.74, 6) is 0.0789. The molecule has 0 spiro atoms. The third-order valence-corrected chi connectivity index (χ3v) is 9.81. The molecule has 1 aliphatic heterocycles. The van der Waals surface area contributed by atoms with Crippen LogP contribution in [0.1, 0.15) is 70.9 Å². The van der Waals surface area contributed by atoms with Crippen molar-refractivity contribution in [2.75, 3.05) is 125 Å². The number of Topliss-reactive ketones (excluding diaryl/α,β-unsaturated/α-hetero) is 3. The highest BCUT2D eigenvalue weighted by molar-refractivity contribution is 6.03. The molecule has 2 heterocycles. The lowest BCUT2D eigenvalue weighted by molar-refractivity contribution is -0.140. The molecule has 1 aromatic heterocycles. The molecule has 3 rings (SSSR count). The van der Waals surface area contributed by atoms with Crippen LogP contribution in [0.15, 0.2) is 6.20 Å². The molecule has 1 aliphatic carbocycles. The van der Waals surface area contributed by atoms with Crippen molar-refractivity contribution in [3.8, 4) is 0 Å². The molecule has 1 saturated heterocycles. The second-order valence-corrected chi connectivity index (χ2v) is 14.8. The zero-order chi connectivity index (χ0) is 42.3. The number of nitrogens with zero attached hydrogens (tertiary/aromatic N) is 4. The van der Waals surface area contributed by atoms with Crippen LogP contribution in [0.4, 0.5) is 0 Å². The van der Waals surface area contributed by atoms with Crippen LogP contribution in [0.25, 0.3) is 0 Å². The first-order valence-electron chi connectivity index (χ1n) is 21.2. The van der Waals surface area contributed by atoms with Crippen LogP contribution < -0.4 is 0 Å². The smallest absolute Gasteiger partial charge is 0.232 e. The van der Waals surface area contributed by atoms with Crippen molar-refractivity contribution in [3.63, 3.8) is 0 Å². The number of ether oxygens (including phenoxy) is 9. The highest BCUT2D eigenvalue weighted by atomic mass is 16.6. The van der Waals surface area contributed by atoms with Crippen molar-refractivity contribution in [2.45, 2.75) is 78.2 Å². The number of likely N-dealkylation sites (tertiary alicyclic amines) is 1. The van der Waals surface area contributed by atoms with Gasteiger partial charge in [0.15, 0.2) is 11.6 Å². The van der Waals surface area contributed by atoms with E-state index < -0.39 is 0 Å². The number of hydrogen-bond acceptors (Lipinski definition) is 16. The largest absolute Gasteiger partial charge is 0.379 e. The van der Waals surface area contributed by atoms with Crippen molar-refractivity contribution in [1.29, 1.82) is 0 Å². The van der Waals surface area contributed by atoms with Gasteiger partial charge in [0.05, 0.1) is 111 Å². The summed E-state index contributed by atoms with van der Waals surface area (Å²) in [4.78, 5) is 61.0. The summed E-state index contributed by atoms with van der Waals surface area (Å²) < 4.78 is 50.8. The van der Waals surface area contributed by atoms with Gasteiger partial charge < -0.3 is 42.6 Å². The van der Waals surface area contributed by atoms with Crippen molar-refractivity contribution >= 4 is 29.2 Å². The topological polar surface area (TPSA) is 202 Å². The van der Waals surface area contributed by atoms with Gasteiger partial charge in [0.1, 0.15) is 19.0 Å². The summed E-state index contributed by atoms with van der Waals surface area (Å²) in [5, 5.41) is 8.36. The van der Waals surface area contributed by atoms with E-state index in [9.17, 15) is 24.0 Å².